The Bertz CT molecular complexity index is 818. The number of benzene rings is 1. The third-order valence-electron chi connectivity index (χ3n) is 2.98. The Balaban J connectivity index is 1.55. The lowest BCUT2D eigenvalue weighted by molar-refractivity contribution is -0.116. The lowest BCUT2D eigenvalue weighted by Crippen LogP contribution is -2.12. The molecule has 0 saturated carbocycles. The molecule has 0 atom stereocenters. The lowest BCUT2D eigenvalue weighted by Gasteiger charge is -2.04. The van der Waals surface area contributed by atoms with E-state index >= 15 is 0 Å². The van der Waals surface area contributed by atoms with Gasteiger partial charge >= 0.3 is 0 Å². The van der Waals surface area contributed by atoms with Gasteiger partial charge in [-0.1, -0.05) is 11.2 Å². The summed E-state index contributed by atoms with van der Waals surface area (Å²) < 4.78 is 30.9. The number of carbonyl (C=O) groups excluding carboxylic acids is 1. The average molecular weight is 335 g/mol. The summed E-state index contributed by atoms with van der Waals surface area (Å²) in [4.78, 5) is 16.9. The molecule has 1 aromatic carbocycles. The Morgan fingerprint density at radius 1 is 1.26 bits per heavy atom. The summed E-state index contributed by atoms with van der Waals surface area (Å²) in [7, 11) is 0. The van der Waals surface area contributed by atoms with Crippen molar-refractivity contribution in [1.82, 2.24) is 10.1 Å². The minimum atomic E-state index is -1.01. The van der Waals surface area contributed by atoms with Gasteiger partial charge in [0.25, 0.3) is 0 Å². The molecular weight excluding hydrogens is 324 g/mol. The highest BCUT2D eigenvalue weighted by atomic mass is 32.1. The van der Waals surface area contributed by atoms with Crippen LogP contribution in [-0.2, 0) is 11.2 Å². The highest BCUT2D eigenvalue weighted by Gasteiger charge is 2.12. The third-order valence-corrected chi connectivity index (χ3v) is 3.84. The Labute approximate surface area is 134 Å². The fourth-order valence-electron chi connectivity index (χ4n) is 1.88. The van der Waals surface area contributed by atoms with Crippen LogP contribution in [0.25, 0.3) is 10.7 Å². The lowest BCUT2D eigenvalue weighted by atomic mass is 10.2. The zero-order chi connectivity index (χ0) is 16.2. The largest absolute Gasteiger partial charge is 0.339 e. The summed E-state index contributed by atoms with van der Waals surface area (Å²) in [6.45, 7) is 0. The van der Waals surface area contributed by atoms with E-state index in [0.717, 1.165) is 17.0 Å². The Kier molecular flexibility index (Phi) is 4.42. The van der Waals surface area contributed by atoms with Gasteiger partial charge in [0.05, 0.1) is 4.88 Å². The van der Waals surface area contributed by atoms with Gasteiger partial charge in [0.1, 0.15) is 0 Å². The number of aryl methyl sites for hydroxylation is 1. The van der Waals surface area contributed by atoms with Gasteiger partial charge in [-0.15, -0.1) is 11.3 Å². The molecular formula is C15H11F2N3O2S. The van der Waals surface area contributed by atoms with E-state index in [4.69, 9.17) is 4.52 Å². The smallest absolute Gasteiger partial charge is 0.227 e. The molecule has 23 heavy (non-hydrogen) atoms. The van der Waals surface area contributed by atoms with Crippen LogP contribution in [-0.4, -0.2) is 16.0 Å². The van der Waals surface area contributed by atoms with Crippen molar-refractivity contribution in [2.24, 2.45) is 0 Å². The number of carbonyl (C=O) groups is 1. The fourth-order valence-corrected chi connectivity index (χ4v) is 2.53. The third kappa shape index (κ3) is 3.78. The van der Waals surface area contributed by atoms with Crippen molar-refractivity contribution >= 4 is 22.9 Å². The summed E-state index contributed by atoms with van der Waals surface area (Å²) in [5, 5.41) is 8.23. The van der Waals surface area contributed by atoms with Crippen LogP contribution >= 0.6 is 11.3 Å². The van der Waals surface area contributed by atoms with Gasteiger partial charge < -0.3 is 9.84 Å². The van der Waals surface area contributed by atoms with E-state index in [1.165, 1.54) is 17.4 Å². The first-order valence-corrected chi connectivity index (χ1v) is 7.61. The van der Waals surface area contributed by atoms with Crippen LogP contribution in [0, 0.1) is 11.6 Å². The molecule has 2 heterocycles. The maximum absolute atomic E-state index is 13.1. The molecule has 0 bridgehead atoms. The highest BCUT2D eigenvalue weighted by molar-refractivity contribution is 7.13. The molecule has 0 aliphatic carbocycles. The average Bonchev–Trinajstić information content (AvgIpc) is 3.19. The fraction of sp³-hybridized carbons (Fsp3) is 0.133. The Morgan fingerprint density at radius 2 is 2.13 bits per heavy atom. The van der Waals surface area contributed by atoms with Gasteiger partial charge in [0.2, 0.25) is 17.6 Å². The molecule has 5 nitrogen and oxygen atoms in total. The van der Waals surface area contributed by atoms with Crippen LogP contribution in [0.15, 0.2) is 40.2 Å². The molecule has 2 aromatic heterocycles. The number of rotatable bonds is 5. The maximum atomic E-state index is 13.1. The van der Waals surface area contributed by atoms with E-state index in [0.29, 0.717) is 11.7 Å². The van der Waals surface area contributed by atoms with Crippen LogP contribution in [0.5, 0.6) is 0 Å². The number of hydrogen-bond donors (Lipinski definition) is 1. The van der Waals surface area contributed by atoms with Crippen molar-refractivity contribution in [1.29, 1.82) is 0 Å². The summed E-state index contributed by atoms with van der Waals surface area (Å²) in [6, 6.07) is 6.92. The topological polar surface area (TPSA) is 68.0 Å². The summed E-state index contributed by atoms with van der Waals surface area (Å²) in [5.74, 6) is -1.51. The number of hydrogen-bond acceptors (Lipinski definition) is 5. The van der Waals surface area contributed by atoms with E-state index in [-0.39, 0.29) is 24.4 Å². The van der Waals surface area contributed by atoms with Crippen molar-refractivity contribution < 1.29 is 18.1 Å². The normalized spacial score (nSPS) is 10.7. The van der Waals surface area contributed by atoms with E-state index in [9.17, 15) is 13.6 Å². The molecule has 0 unspecified atom stereocenters. The zero-order valence-corrected chi connectivity index (χ0v) is 12.6. The predicted octanol–water partition coefficient (Wildman–Crippen LogP) is 3.65. The monoisotopic (exact) mass is 335 g/mol. The SMILES string of the molecule is O=C(CCc1nc(-c2cccs2)no1)Nc1ccc(F)c(F)c1. The van der Waals surface area contributed by atoms with Crippen LogP contribution in [0.3, 0.4) is 0 Å². The first-order chi connectivity index (χ1) is 11.1. The molecule has 1 N–H and O–H groups in total. The number of anilines is 1. The van der Waals surface area contributed by atoms with Gasteiger partial charge in [0, 0.05) is 24.6 Å². The van der Waals surface area contributed by atoms with E-state index < -0.39 is 11.6 Å². The molecule has 0 aliphatic heterocycles. The first kappa shape index (κ1) is 15.3. The van der Waals surface area contributed by atoms with Gasteiger partial charge in [-0.3, -0.25) is 4.79 Å². The molecule has 0 radical (unpaired) electrons. The molecule has 0 fully saturated rings. The van der Waals surface area contributed by atoms with Crippen molar-refractivity contribution in [3.8, 4) is 10.7 Å². The number of nitrogens with one attached hydrogen (secondary N) is 1. The second-order valence-electron chi connectivity index (χ2n) is 4.67. The maximum Gasteiger partial charge on any atom is 0.227 e. The Hall–Kier alpha value is -2.61. The van der Waals surface area contributed by atoms with Crippen molar-refractivity contribution in [2.75, 3.05) is 5.32 Å². The number of aromatic nitrogens is 2. The van der Waals surface area contributed by atoms with Crippen LogP contribution < -0.4 is 5.32 Å². The molecule has 0 spiro atoms. The quantitative estimate of drug-likeness (QED) is 0.773. The van der Waals surface area contributed by atoms with Crippen molar-refractivity contribution in [3.05, 3.63) is 53.2 Å². The van der Waals surface area contributed by atoms with Gasteiger partial charge in [-0.05, 0) is 23.6 Å². The van der Waals surface area contributed by atoms with Crippen LogP contribution in [0.2, 0.25) is 0 Å². The second-order valence-corrected chi connectivity index (χ2v) is 5.61. The van der Waals surface area contributed by atoms with Gasteiger partial charge in [-0.2, -0.15) is 4.98 Å². The van der Waals surface area contributed by atoms with Gasteiger partial charge in [0.15, 0.2) is 11.6 Å². The van der Waals surface area contributed by atoms with E-state index in [1.54, 1.807) is 0 Å². The number of nitrogens with zero attached hydrogens (tertiary/aromatic N) is 2. The minimum Gasteiger partial charge on any atom is -0.339 e. The summed E-state index contributed by atoms with van der Waals surface area (Å²) in [6.07, 6.45) is 0.346. The minimum absolute atomic E-state index is 0.0884. The van der Waals surface area contributed by atoms with Crippen LogP contribution in [0.4, 0.5) is 14.5 Å². The predicted molar refractivity (Wildman–Crippen MR) is 80.9 cm³/mol. The van der Waals surface area contributed by atoms with Crippen LogP contribution in [0.1, 0.15) is 12.3 Å². The number of amides is 1. The molecule has 0 aliphatic rings. The highest BCUT2D eigenvalue weighted by Crippen LogP contribution is 2.21. The van der Waals surface area contributed by atoms with Crippen molar-refractivity contribution in [2.45, 2.75) is 12.8 Å². The van der Waals surface area contributed by atoms with E-state index in [1.807, 2.05) is 17.5 Å². The molecule has 3 aromatic rings. The number of thiophene rings is 1. The molecule has 0 saturated heterocycles. The van der Waals surface area contributed by atoms with E-state index in [2.05, 4.69) is 15.5 Å². The Morgan fingerprint density at radius 3 is 2.87 bits per heavy atom. The second kappa shape index (κ2) is 6.66. The summed E-state index contributed by atoms with van der Waals surface area (Å²) >= 11 is 1.49. The molecule has 1 amide bonds. The standard InChI is InChI=1S/C15H11F2N3O2S/c16-10-4-3-9(8-11(10)17)18-13(21)5-6-14-19-15(20-22-14)12-2-1-7-23-12/h1-4,7-8H,5-6H2,(H,18,21). The van der Waals surface area contributed by atoms with Gasteiger partial charge in [-0.25, -0.2) is 8.78 Å². The van der Waals surface area contributed by atoms with Crippen molar-refractivity contribution in [3.63, 3.8) is 0 Å². The molecule has 118 valence electrons. The first-order valence-electron chi connectivity index (χ1n) is 6.73. The summed E-state index contributed by atoms with van der Waals surface area (Å²) in [5.41, 5.74) is 0.193. The number of halogens is 2. The molecule has 8 heteroatoms. The zero-order valence-electron chi connectivity index (χ0n) is 11.8. The molecule has 3 rings (SSSR count).